The largest absolute Gasteiger partial charge is 0.266 e. The van der Waals surface area contributed by atoms with E-state index in [1.807, 2.05) is 0 Å². The van der Waals surface area contributed by atoms with Crippen LogP contribution in [0.25, 0.3) is 0 Å². The van der Waals surface area contributed by atoms with Gasteiger partial charge in [0, 0.05) is 0 Å². The highest BCUT2D eigenvalue weighted by molar-refractivity contribution is 4.79. The molecular weight excluding hydrogens is 242 g/mol. The molecule has 0 aromatic carbocycles. The van der Waals surface area contributed by atoms with Gasteiger partial charge >= 0.3 is 0 Å². The number of unbranched alkanes of at least 4 members (excludes halogenated alkanes) is 13. The molecular formula is C17H32F2. The van der Waals surface area contributed by atoms with Crippen LogP contribution in [0.15, 0.2) is 12.2 Å². The molecule has 0 fully saturated rings. The fourth-order valence-corrected chi connectivity index (χ4v) is 2.37. The summed E-state index contributed by atoms with van der Waals surface area (Å²) in [6.07, 6.45) is 16.9. The van der Waals surface area contributed by atoms with Gasteiger partial charge in [-0.2, -0.15) is 8.78 Å². The van der Waals surface area contributed by atoms with Crippen LogP contribution in [0.1, 0.15) is 96.8 Å². The van der Waals surface area contributed by atoms with Crippen molar-refractivity contribution < 1.29 is 8.78 Å². The Morgan fingerprint density at radius 3 is 1.37 bits per heavy atom. The molecule has 0 aliphatic heterocycles. The first-order chi connectivity index (χ1) is 9.27. The van der Waals surface area contributed by atoms with Gasteiger partial charge in [-0.25, -0.2) is 0 Å². The lowest BCUT2D eigenvalue weighted by atomic mass is 10.0. The van der Waals surface area contributed by atoms with Crippen LogP contribution in [0.2, 0.25) is 0 Å². The minimum absolute atomic E-state index is 0.542. The Balaban J connectivity index is 2.97. The Morgan fingerprint density at radius 2 is 1.00 bits per heavy atom. The van der Waals surface area contributed by atoms with Gasteiger partial charge in [-0.05, 0) is 18.9 Å². The summed E-state index contributed by atoms with van der Waals surface area (Å²) in [4.78, 5) is 0. The maximum atomic E-state index is 11.7. The second-order valence-electron chi connectivity index (χ2n) is 5.53. The van der Waals surface area contributed by atoms with Crippen molar-refractivity contribution in [2.75, 3.05) is 0 Å². The summed E-state index contributed by atoms with van der Waals surface area (Å²) >= 11 is 0. The summed E-state index contributed by atoms with van der Waals surface area (Å²) < 4.78 is 23.5. The van der Waals surface area contributed by atoms with Crippen molar-refractivity contribution in [1.82, 2.24) is 0 Å². The predicted octanol–water partition coefficient (Wildman–Crippen LogP) is 7.25. The summed E-state index contributed by atoms with van der Waals surface area (Å²) in [5.41, 5.74) is 0. The maximum Gasteiger partial charge on any atom is 0.266 e. The number of rotatable bonds is 14. The second-order valence-corrected chi connectivity index (χ2v) is 5.53. The predicted molar refractivity (Wildman–Crippen MR) is 80.6 cm³/mol. The summed E-state index contributed by atoms with van der Waals surface area (Å²) in [6, 6.07) is 0. The highest BCUT2D eigenvalue weighted by Crippen LogP contribution is 2.13. The Morgan fingerprint density at radius 1 is 0.632 bits per heavy atom. The minimum atomic E-state index is -1.53. The molecule has 0 heterocycles. The molecule has 0 rings (SSSR count). The average molecular weight is 274 g/mol. The third-order valence-electron chi connectivity index (χ3n) is 3.61. The molecule has 0 bridgehead atoms. The van der Waals surface area contributed by atoms with E-state index in [1.165, 1.54) is 70.6 Å². The van der Waals surface area contributed by atoms with E-state index in [4.69, 9.17) is 0 Å². The average Bonchev–Trinajstić information content (AvgIpc) is 2.39. The van der Waals surface area contributed by atoms with Gasteiger partial charge in [-0.3, -0.25) is 0 Å². The third-order valence-corrected chi connectivity index (χ3v) is 3.61. The zero-order chi connectivity index (χ0) is 14.2. The first-order valence-corrected chi connectivity index (χ1v) is 8.28. The van der Waals surface area contributed by atoms with E-state index < -0.39 is 6.08 Å². The molecule has 0 unspecified atom stereocenters. The van der Waals surface area contributed by atoms with Crippen molar-refractivity contribution in [2.45, 2.75) is 96.8 Å². The molecule has 0 aliphatic rings. The zero-order valence-electron chi connectivity index (χ0n) is 12.7. The molecule has 0 aromatic rings. The lowest BCUT2D eigenvalue weighted by Crippen LogP contribution is -1.82. The van der Waals surface area contributed by atoms with Gasteiger partial charge in [0.05, 0.1) is 0 Å². The molecule has 0 spiro atoms. The van der Waals surface area contributed by atoms with E-state index in [1.54, 1.807) is 0 Å². The molecule has 0 saturated carbocycles. The van der Waals surface area contributed by atoms with Gasteiger partial charge in [-0.15, -0.1) is 0 Å². The van der Waals surface area contributed by atoms with Gasteiger partial charge in [-0.1, -0.05) is 84.0 Å². The number of halogens is 2. The summed E-state index contributed by atoms with van der Waals surface area (Å²) in [5.74, 6) is 0. The standard InChI is InChI=1S/C17H32F2/c1-2-3-4-5-6-7-8-9-10-11-12-13-14-15-16-17(18)19/h16H,2-15H2,1H3. The quantitative estimate of drug-likeness (QED) is 0.293. The topological polar surface area (TPSA) is 0 Å². The van der Waals surface area contributed by atoms with Crippen molar-refractivity contribution in [3.63, 3.8) is 0 Å². The molecule has 0 nitrogen and oxygen atoms in total. The van der Waals surface area contributed by atoms with E-state index in [9.17, 15) is 8.78 Å². The Bertz CT molecular complexity index is 195. The van der Waals surface area contributed by atoms with Gasteiger partial charge in [0.25, 0.3) is 6.08 Å². The number of allylic oxidation sites excluding steroid dienone is 1. The van der Waals surface area contributed by atoms with Crippen molar-refractivity contribution in [2.24, 2.45) is 0 Å². The van der Waals surface area contributed by atoms with Crippen LogP contribution in [0.4, 0.5) is 8.78 Å². The van der Waals surface area contributed by atoms with Crippen LogP contribution in [0.3, 0.4) is 0 Å². The molecule has 0 saturated heterocycles. The summed E-state index contributed by atoms with van der Waals surface area (Å²) in [7, 11) is 0. The van der Waals surface area contributed by atoms with E-state index in [-0.39, 0.29) is 0 Å². The van der Waals surface area contributed by atoms with Crippen LogP contribution in [0, 0.1) is 0 Å². The van der Waals surface area contributed by atoms with Crippen molar-refractivity contribution >= 4 is 0 Å². The van der Waals surface area contributed by atoms with E-state index >= 15 is 0 Å². The first kappa shape index (κ1) is 18.6. The van der Waals surface area contributed by atoms with Crippen molar-refractivity contribution in [3.05, 3.63) is 12.2 Å². The van der Waals surface area contributed by atoms with Crippen LogP contribution in [-0.4, -0.2) is 0 Å². The molecule has 0 aliphatic carbocycles. The summed E-state index contributed by atoms with van der Waals surface area (Å²) in [6.45, 7) is 2.25. The molecule has 0 radical (unpaired) electrons. The third kappa shape index (κ3) is 17.6. The minimum Gasteiger partial charge on any atom is -0.174 e. The highest BCUT2D eigenvalue weighted by atomic mass is 19.3. The lowest BCUT2D eigenvalue weighted by molar-refractivity contribution is 0.416. The molecule has 0 aromatic heterocycles. The van der Waals surface area contributed by atoms with E-state index in [2.05, 4.69) is 6.92 Å². The fraction of sp³-hybridized carbons (Fsp3) is 0.882. The smallest absolute Gasteiger partial charge is 0.174 e. The van der Waals surface area contributed by atoms with Gasteiger partial charge in [0.15, 0.2) is 0 Å². The number of hydrogen-bond acceptors (Lipinski definition) is 0. The SMILES string of the molecule is CCCCCCCCCCCCCCCC=C(F)F. The Kier molecular flexibility index (Phi) is 15.3. The highest BCUT2D eigenvalue weighted by Gasteiger charge is 1.94. The maximum absolute atomic E-state index is 11.7. The molecule has 0 amide bonds. The van der Waals surface area contributed by atoms with Crippen LogP contribution in [-0.2, 0) is 0 Å². The Labute approximate surface area is 118 Å². The fourth-order valence-electron chi connectivity index (χ4n) is 2.37. The summed E-state index contributed by atoms with van der Waals surface area (Å²) in [5, 5.41) is 0. The van der Waals surface area contributed by atoms with Gasteiger partial charge in [0.1, 0.15) is 0 Å². The molecule has 2 heteroatoms. The van der Waals surface area contributed by atoms with Crippen LogP contribution >= 0.6 is 0 Å². The lowest BCUT2D eigenvalue weighted by Gasteiger charge is -2.02. The Hall–Kier alpha value is -0.400. The van der Waals surface area contributed by atoms with Crippen LogP contribution in [0.5, 0.6) is 0 Å². The molecule has 0 atom stereocenters. The van der Waals surface area contributed by atoms with Crippen molar-refractivity contribution in [3.8, 4) is 0 Å². The molecule has 0 N–H and O–H groups in total. The van der Waals surface area contributed by atoms with E-state index in [0.29, 0.717) is 6.42 Å². The van der Waals surface area contributed by atoms with Crippen LogP contribution < -0.4 is 0 Å². The molecule has 114 valence electrons. The first-order valence-electron chi connectivity index (χ1n) is 8.28. The zero-order valence-corrected chi connectivity index (χ0v) is 12.7. The van der Waals surface area contributed by atoms with Gasteiger partial charge in [0.2, 0.25) is 0 Å². The van der Waals surface area contributed by atoms with Crippen molar-refractivity contribution in [1.29, 1.82) is 0 Å². The monoisotopic (exact) mass is 274 g/mol. The normalized spacial score (nSPS) is 10.7. The van der Waals surface area contributed by atoms with Gasteiger partial charge < -0.3 is 0 Å². The second kappa shape index (κ2) is 15.7. The van der Waals surface area contributed by atoms with E-state index in [0.717, 1.165) is 18.9 Å². The molecule has 19 heavy (non-hydrogen) atoms. The number of hydrogen-bond donors (Lipinski definition) is 0.